The lowest BCUT2D eigenvalue weighted by Gasteiger charge is -2.33. The predicted molar refractivity (Wildman–Crippen MR) is 173 cm³/mol. The van der Waals surface area contributed by atoms with Gasteiger partial charge in [0, 0.05) is 38.6 Å². The molecule has 1 N–H and O–H groups in total. The molecule has 0 spiro atoms. The Morgan fingerprint density at radius 3 is 1.96 bits per heavy atom. The van der Waals surface area contributed by atoms with Crippen molar-refractivity contribution in [1.82, 2.24) is 15.1 Å². The third-order valence-electron chi connectivity index (χ3n) is 6.59. The molecule has 12 heteroatoms. The van der Waals surface area contributed by atoms with Crippen molar-refractivity contribution in [3.63, 3.8) is 0 Å². The van der Waals surface area contributed by atoms with Gasteiger partial charge in [0.05, 0.1) is 13.2 Å². The second-order valence-electron chi connectivity index (χ2n) is 14.4. The second kappa shape index (κ2) is 17.1. The number of hydrogen-bond acceptors (Lipinski definition) is 12. The van der Waals surface area contributed by atoms with Crippen molar-refractivity contribution in [1.29, 1.82) is 0 Å². The fourth-order valence-corrected chi connectivity index (χ4v) is 4.95. The van der Waals surface area contributed by atoms with Gasteiger partial charge in [-0.1, -0.05) is 30.3 Å². The van der Waals surface area contributed by atoms with Crippen LogP contribution in [0.2, 0.25) is 0 Å². The van der Waals surface area contributed by atoms with E-state index in [9.17, 15) is 19.2 Å². The van der Waals surface area contributed by atoms with E-state index in [-0.39, 0.29) is 25.7 Å². The van der Waals surface area contributed by atoms with Gasteiger partial charge in [-0.3, -0.25) is 19.9 Å². The lowest BCUT2D eigenvalue weighted by atomic mass is 10.1. The Kier molecular flexibility index (Phi) is 14.5. The van der Waals surface area contributed by atoms with Crippen molar-refractivity contribution in [3.8, 4) is 0 Å². The van der Waals surface area contributed by atoms with Crippen molar-refractivity contribution in [3.05, 3.63) is 35.9 Å². The standard InChI is InChI=1S/C34H55N3O9/c1-11-42-31(41)43-26-18-17-25(37(26)21-24-15-13-12-14-16-24)22-36(23-27(38)44-32(2,3)4)20-19-35-28(29(39)45-33(5,6)7)30(40)46-34(8,9)10/h12-16,25-26,28,35H,11,17-23H2,1-10H3/t25-,26+/m0/s1. The van der Waals surface area contributed by atoms with Crippen LogP contribution in [0.3, 0.4) is 0 Å². The molecular formula is C34H55N3O9. The van der Waals surface area contributed by atoms with Crippen molar-refractivity contribution in [2.75, 3.05) is 32.8 Å². The Morgan fingerprint density at radius 2 is 1.43 bits per heavy atom. The number of carbonyl (C=O) groups is 4. The number of likely N-dealkylation sites (tertiary alicyclic amines) is 1. The Hall–Kier alpha value is -3.22. The molecule has 1 fully saturated rings. The number of nitrogens with zero attached hydrogens (tertiary/aromatic N) is 2. The second-order valence-corrected chi connectivity index (χ2v) is 14.4. The summed E-state index contributed by atoms with van der Waals surface area (Å²) in [4.78, 5) is 55.3. The molecule has 0 unspecified atom stereocenters. The molecule has 2 rings (SSSR count). The van der Waals surface area contributed by atoms with Gasteiger partial charge >= 0.3 is 24.1 Å². The first-order chi connectivity index (χ1) is 21.3. The van der Waals surface area contributed by atoms with Gasteiger partial charge in [-0.15, -0.1) is 0 Å². The topological polar surface area (TPSA) is 133 Å². The minimum atomic E-state index is -1.36. The third kappa shape index (κ3) is 14.9. The van der Waals surface area contributed by atoms with Crippen LogP contribution in [0.4, 0.5) is 4.79 Å². The van der Waals surface area contributed by atoms with Crippen molar-refractivity contribution in [2.24, 2.45) is 0 Å². The van der Waals surface area contributed by atoms with E-state index < -0.39 is 53.1 Å². The highest BCUT2D eigenvalue weighted by atomic mass is 16.7. The Bertz CT molecular complexity index is 1110. The zero-order valence-corrected chi connectivity index (χ0v) is 29.3. The van der Waals surface area contributed by atoms with Gasteiger partial charge in [0.1, 0.15) is 16.8 Å². The maximum atomic E-state index is 13.0. The largest absolute Gasteiger partial charge is 0.509 e. The smallest absolute Gasteiger partial charge is 0.459 e. The summed E-state index contributed by atoms with van der Waals surface area (Å²) in [6.07, 6.45) is 0.0627. The van der Waals surface area contributed by atoms with Crippen LogP contribution in [-0.2, 0) is 44.6 Å². The van der Waals surface area contributed by atoms with Crippen LogP contribution in [0.25, 0.3) is 0 Å². The molecule has 0 saturated carbocycles. The minimum Gasteiger partial charge on any atom is -0.459 e. The van der Waals surface area contributed by atoms with E-state index >= 15 is 0 Å². The average Bonchev–Trinajstić information content (AvgIpc) is 3.24. The van der Waals surface area contributed by atoms with Crippen molar-refractivity contribution < 1.29 is 42.9 Å². The van der Waals surface area contributed by atoms with E-state index in [1.54, 1.807) is 69.2 Å². The van der Waals surface area contributed by atoms with E-state index in [1.807, 2.05) is 35.2 Å². The number of rotatable bonds is 14. The number of hydrogen-bond donors (Lipinski definition) is 1. The van der Waals surface area contributed by atoms with E-state index in [4.69, 9.17) is 23.7 Å². The first kappa shape index (κ1) is 39.0. The molecule has 1 aromatic carbocycles. The SMILES string of the molecule is CCOC(=O)O[C@@H]1CC[C@@H](CN(CCNC(C(=O)OC(C)(C)C)C(=O)OC(C)(C)C)CC(=O)OC(C)(C)C)N1Cc1ccccc1. The summed E-state index contributed by atoms with van der Waals surface area (Å²) >= 11 is 0. The molecular weight excluding hydrogens is 594 g/mol. The van der Waals surface area contributed by atoms with Crippen LogP contribution in [-0.4, -0.2) is 102 Å². The van der Waals surface area contributed by atoms with Crippen LogP contribution in [0.5, 0.6) is 0 Å². The average molecular weight is 650 g/mol. The van der Waals surface area contributed by atoms with Crippen LogP contribution < -0.4 is 5.32 Å². The molecule has 1 saturated heterocycles. The molecule has 46 heavy (non-hydrogen) atoms. The molecule has 12 nitrogen and oxygen atoms in total. The monoisotopic (exact) mass is 649 g/mol. The van der Waals surface area contributed by atoms with Gasteiger partial charge in [0.25, 0.3) is 0 Å². The Morgan fingerprint density at radius 1 is 0.870 bits per heavy atom. The summed E-state index contributed by atoms with van der Waals surface area (Å²) in [5, 5.41) is 3.00. The van der Waals surface area contributed by atoms with E-state index in [1.165, 1.54) is 0 Å². The molecule has 0 radical (unpaired) electrons. The highest BCUT2D eigenvalue weighted by molar-refractivity contribution is 5.99. The molecule has 1 heterocycles. The normalized spacial score (nSPS) is 17.6. The molecule has 0 amide bonds. The highest BCUT2D eigenvalue weighted by Gasteiger charge is 2.38. The predicted octanol–water partition coefficient (Wildman–Crippen LogP) is 4.44. The maximum Gasteiger partial charge on any atom is 0.509 e. The lowest BCUT2D eigenvalue weighted by Crippen LogP contribution is -2.52. The quantitative estimate of drug-likeness (QED) is 0.174. The van der Waals surface area contributed by atoms with Gasteiger partial charge < -0.3 is 23.7 Å². The lowest BCUT2D eigenvalue weighted by molar-refractivity contribution is -0.171. The molecule has 1 aromatic rings. The minimum absolute atomic E-state index is 0.0262. The zero-order valence-electron chi connectivity index (χ0n) is 29.3. The van der Waals surface area contributed by atoms with Crippen molar-refractivity contribution >= 4 is 24.1 Å². The molecule has 1 aliphatic rings. The Labute approximate surface area is 274 Å². The first-order valence-electron chi connectivity index (χ1n) is 16.0. The number of esters is 3. The fraction of sp³-hybridized carbons (Fsp3) is 0.706. The Balaban J connectivity index is 2.27. The first-order valence-corrected chi connectivity index (χ1v) is 16.0. The maximum absolute atomic E-state index is 13.0. The number of benzene rings is 1. The molecule has 0 aliphatic carbocycles. The summed E-state index contributed by atoms with van der Waals surface area (Å²) < 4.78 is 27.4. The summed E-state index contributed by atoms with van der Waals surface area (Å²) in [7, 11) is 0. The molecule has 260 valence electrons. The van der Waals surface area contributed by atoms with Crippen molar-refractivity contribution in [2.45, 2.75) is 124 Å². The van der Waals surface area contributed by atoms with E-state index in [0.29, 0.717) is 32.5 Å². The van der Waals surface area contributed by atoms with Crippen LogP contribution in [0.1, 0.15) is 87.6 Å². The van der Waals surface area contributed by atoms with Gasteiger partial charge in [0.15, 0.2) is 6.23 Å². The molecule has 0 bridgehead atoms. The fourth-order valence-electron chi connectivity index (χ4n) is 4.95. The summed E-state index contributed by atoms with van der Waals surface area (Å²) in [6.45, 7) is 19.1. The highest BCUT2D eigenvalue weighted by Crippen LogP contribution is 2.28. The number of nitrogens with one attached hydrogen (secondary N) is 1. The summed E-state index contributed by atoms with van der Waals surface area (Å²) in [5.41, 5.74) is -1.25. The van der Waals surface area contributed by atoms with Gasteiger partial charge in [-0.05, 0) is 81.2 Å². The van der Waals surface area contributed by atoms with Crippen LogP contribution >= 0.6 is 0 Å². The van der Waals surface area contributed by atoms with Gasteiger partial charge in [0.2, 0.25) is 6.04 Å². The molecule has 1 aliphatic heterocycles. The van der Waals surface area contributed by atoms with E-state index in [0.717, 1.165) is 5.56 Å². The van der Waals surface area contributed by atoms with Gasteiger partial charge in [-0.2, -0.15) is 0 Å². The molecule has 2 atom stereocenters. The zero-order chi connectivity index (χ0) is 34.7. The summed E-state index contributed by atoms with van der Waals surface area (Å²) in [6, 6.07) is 8.41. The molecule has 0 aromatic heterocycles. The third-order valence-corrected chi connectivity index (χ3v) is 6.59. The summed E-state index contributed by atoms with van der Waals surface area (Å²) in [5.74, 6) is -1.90. The van der Waals surface area contributed by atoms with Crippen LogP contribution in [0, 0.1) is 0 Å². The van der Waals surface area contributed by atoms with E-state index in [2.05, 4.69) is 10.2 Å². The number of ether oxygens (including phenoxy) is 5. The van der Waals surface area contributed by atoms with Crippen LogP contribution in [0.15, 0.2) is 30.3 Å². The number of carbonyl (C=O) groups excluding carboxylic acids is 4. The van der Waals surface area contributed by atoms with Gasteiger partial charge in [-0.25, -0.2) is 14.4 Å².